The smallest absolute Gasteiger partial charge is 0.271 e. The number of anilines is 1. The number of amides is 2. The van der Waals surface area contributed by atoms with E-state index in [0.29, 0.717) is 11.3 Å². The summed E-state index contributed by atoms with van der Waals surface area (Å²) in [6.07, 6.45) is 1.62. The quantitative estimate of drug-likeness (QED) is 0.294. The molecule has 1 atom stereocenters. The summed E-state index contributed by atoms with van der Waals surface area (Å²) in [5.41, 5.74) is 5.83. The summed E-state index contributed by atoms with van der Waals surface area (Å²) in [5, 5.41) is 3.99. The van der Waals surface area contributed by atoms with Crippen molar-refractivity contribution < 1.29 is 9.59 Å². The second-order valence-corrected chi connectivity index (χ2v) is 8.84. The molecule has 0 aromatic heterocycles. The molecule has 1 aliphatic heterocycles. The first kappa shape index (κ1) is 20.6. The number of nitrogens with zero attached hydrogens (tertiary/aromatic N) is 2. The van der Waals surface area contributed by atoms with Gasteiger partial charge in [0.25, 0.3) is 5.91 Å². The van der Waals surface area contributed by atoms with E-state index in [1.165, 1.54) is 0 Å². The Kier molecular flexibility index (Phi) is 6.49. The van der Waals surface area contributed by atoms with Crippen molar-refractivity contribution >= 4 is 58.1 Å². The number of benzene rings is 3. The first-order valence-electron chi connectivity index (χ1n) is 9.30. The van der Waals surface area contributed by atoms with Gasteiger partial charge in [0, 0.05) is 20.4 Å². The highest BCUT2D eigenvalue weighted by atomic mass is 127. The van der Waals surface area contributed by atoms with Crippen molar-refractivity contribution in [3.8, 4) is 0 Å². The molecule has 1 N–H and O–H groups in total. The Hall–Kier alpha value is -2.65. The minimum absolute atomic E-state index is 0.0590. The van der Waals surface area contributed by atoms with Crippen molar-refractivity contribution in [2.75, 3.05) is 10.7 Å². The standard InChI is InChI=1S/C23H18IN3O2S/c24-20-9-5-4-8-18(20)14-25-26-22(29)16-10-12-19(13-11-16)27-21(28)15-30-23(27)17-6-2-1-3-7-17/h1-14,23H,15H2,(H,26,29). The lowest BCUT2D eigenvalue weighted by molar-refractivity contribution is -0.115. The van der Waals surface area contributed by atoms with E-state index in [-0.39, 0.29) is 17.2 Å². The fourth-order valence-electron chi connectivity index (χ4n) is 3.15. The minimum atomic E-state index is -0.300. The van der Waals surface area contributed by atoms with Crippen LogP contribution >= 0.6 is 34.4 Å². The van der Waals surface area contributed by atoms with Gasteiger partial charge >= 0.3 is 0 Å². The average molecular weight is 527 g/mol. The van der Waals surface area contributed by atoms with E-state index in [0.717, 1.165) is 20.4 Å². The Morgan fingerprint density at radius 2 is 1.73 bits per heavy atom. The van der Waals surface area contributed by atoms with Crippen LogP contribution in [0.2, 0.25) is 0 Å². The third-order valence-corrected chi connectivity index (χ3v) is 6.83. The van der Waals surface area contributed by atoms with Gasteiger partial charge in [-0.3, -0.25) is 14.5 Å². The summed E-state index contributed by atoms with van der Waals surface area (Å²) < 4.78 is 1.05. The van der Waals surface area contributed by atoms with E-state index < -0.39 is 0 Å². The second kappa shape index (κ2) is 9.44. The van der Waals surface area contributed by atoms with Gasteiger partial charge in [-0.05, 0) is 58.5 Å². The number of halogens is 1. The normalized spacial score (nSPS) is 16.2. The summed E-state index contributed by atoms with van der Waals surface area (Å²) >= 11 is 3.82. The van der Waals surface area contributed by atoms with Crippen molar-refractivity contribution in [3.05, 3.63) is 99.1 Å². The van der Waals surface area contributed by atoms with Crippen LogP contribution in [0.15, 0.2) is 84.0 Å². The van der Waals surface area contributed by atoms with Gasteiger partial charge in [0.15, 0.2) is 0 Å². The molecule has 7 heteroatoms. The summed E-state index contributed by atoms with van der Waals surface area (Å²) in [7, 11) is 0. The van der Waals surface area contributed by atoms with Gasteiger partial charge in [-0.2, -0.15) is 5.10 Å². The van der Waals surface area contributed by atoms with Crippen LogP contribution in [0, 0.1) is 3.57 Å². The zero-order chi connectivity index (χ0) is 20.9. The molecule has 1 heterocycles. The molecule has 3 aromatic carbocycles. The molecular weight excluding hydrogens is 509 g/mol. The fraction of sp³-hybridized carbons (Fsp3) is 0.0870. The van der Waals surface area contributed by atoms with Crippen LogP contribution in [0.5, 0.6) is 0 Å². The minimum Gasteiger partial charge on any atom is -0.295 e. The Labute approximate surface area is 192 Å². The van der Waals surface area contributed by atoms with Gasteiger partial charge in [-0.1, -0.05) is 48.5 Å². The van der Waals surface area contributed by atoms with Crippen LogP contribution in [0.4, 0.5) is 5.69 Å². The number of thioether (sulfide) groups is 1. The first-order valence-corrected chi connectivity index (χ1v) is 11.4. The number of nitrogens with one attached hydrogen (secondary N) is 1. The molecule has 1 unspecified atom stereocenters. The van der Waals surface area contributed by atoms with E-state index >= 15 is 0 Å². The molecular formula is C23H18IN3O2S. The largest absolute Gasteiger partial charge is 0.295 e. The third kappa shape index (κ3) is 4.57. The molecule has 0 saturated carbocycles. The lowest BCUT2D eigenvalue weighted by Crippen LogP contribution is -2.28. The fourth-order valence-corrected chi connectivity index (χ4v) is 4.85. The maximum absolute atomic E-state index is 12.5. The Morgan fingerprint density at radius 1 is 1.03 bits per heavy atom. The monoisotopic (exact) mass is 527 g/mol. The number of hydrogen-bond acceptors (Lipinski definition) is 4. The summed E-state index contributed by atoms with van der Waals surface area (Å²) in [4.78, 5) is 26.7. The van der Waals surface area contributed by atoms with Crippen molar-refractivity contribution in [1.82, 2.24) is 5.43 Å². The average Bonchev–Trinajstić information content (AvgIpc) is 3.17. The van der Waals surface area contributed by atoms with Crippen molar-refractivity contribution in [3.63, 3.8) is 0 Å². The molecule has 0 radical (unpaired) electrons. The Bertz CT molecular complexity index is 1090. The molecule has 4 rings (SSSR count). The van der Waals surface area contributed by atoms with Gasteiger partial charge in [-0.25, -0.2) is 5.43 Å². The zero-order valence-corrected chi connectivity index (χ0v) is 18.8. The van der Waals surface area contributed by atoms with Gasteiger partial charge in [0.1, 0.15) is 5.37 Å². The number of rotatable bonds is 5. The van der Waals surface area contributed by atoms with E-state index in [2.05, 4.69) is 33.1 Å². The predicted molar refractivity (Wildman–Crippen MR) is 130 cm³/mol. The highest BCUT2D eigenvalue weighted by Crippen LogP contribution is 2.41. The first-order chi connectivity index (χ1) is 14.6. The number of carbonyl (C=O) groups is 2. The molecule has 5 nitrogen and oxygen atoms in total. The highest BCUT2D eigenvalue weighted by molar-refractivity contribution is 14.1. The molecule has 30 heavy (non-hydrogen) atoms. The second-order valence-electron chi connectivity index (χ2n) is 6.61. The summed E-state index contributed by atoms with van der Waals surface area (Å²) in [6, 6.07) is 24.8. The van der Waals surface area contributed by atoms with Crippen LogP contribution < -0.4 is 10.3 Å². The van der Waals surface area contributed by atoms with Crippen LogP contribution in [-0.4, -0.2) is 23.8 Å². The molecule has 150 valence electrons. The van der Waals surface area contributed by atoms with Gasteiger partial charge < -0.3 is 0 Å². The molecule has 3 aromatic rings. The summed E-state index contributed by atoms with van der Waals surface area (Å²) in [5.74, 6) is 0.202. The van der Waals surface area contributed by atoms with E-state index in [4.69, 9.17) is 0 Å². The maximum Gasteiger partial charge on any atom is 0.271 e. The lowest BCUT2D eigenvalue weighted by atomic mass is 10.1. The van der Waals surface area contributed by atoms with Crippen LogP contribution in [0.25, 0.3) is 0 Å². The molecule has 0 aliphatic carbocycles. The number of hydrogen-bond donors (Lipinski definition) is 1. The molecule has 2 amide bonds. The molecule has 1 saturated heterocycles. The molecule has 1 aliphatic rings. The molecule has 0 spiro atoms. The SMILES string of the molecule is O=C(NN=Cc1ccccc1I)c1ccc(N2C(=O)CSC2c2ccccc2)cc1. The Balaban J connectivity index is 1.46. The topological polar surface area (TPSA) is 61.8 Å². The molecule has 1 fully saturated rings. The highest BCUT2D eigenvalue weighted by Gasteiger charge is 2.33. The van der Waals surface area contributed by atoms with Crippen molar-refractivity contribution in [2.24, 2.45) is 5.10 Å². The van der Waals surface area contributed by atoms with Gasteiger partial charge in [0.05, 0.1) is 12.0 Å². The van der Waals surface area contributed by atoms with E-state index in [1.54, 1.807) is 47.1 Å². The zero-order valence-electron chi connectivity index (χ0n) is 15.9. The van der Waals surface area contributed by atoms with Crippen LogP contribution in [-0.2, 0) is 4.79 Å². The number of carbonyl (C=O) groups excluding carboxylic acids is 2. The lowest BCUT2D eigenvalue weighted by Gasteiger charge is -2.24. The van der Waals surface area contributed by atoms with Crippen molar-refractivity contribution in [2.45, 2.75) is 5.37 Å². The van der Waals surface area contributed by atoms with Gasteiger partial charge in [-0.15, -0.1) is 11.8 Å². The third-order valence-electron chi connectivity index (χ3n) is 4.64. The molecule has 0 bridgehead atoms. The maximum atomic E-state index is 12.5. The van der Waals surface area contributed by atoms with E-state index in [1.807, 2.05) is 54.6 Å². The van der Waals surface area contributed by atoms with Gasteiger partial charge in [0.2, 0.25) is 5.91 Å². The number of hydrazone groups is 1. The van der Waals surface area contributed by atoms with E-state index in [9.17, 15) is 9.59 Å². The summed E-state index contributed by atoms with van der Waals surface area (Å²) in [6.45, 7) is 0. The Morgan fingerprint density at radius 3 is 2.47 bits per heavy atom. The predicted octanol–water partition coefficient (Wildman–Crippen LogP) is 4.83. The van der Waals surface area contributed by atoms with Crippen LogP contribution in [0.3, 0.4) is 0 Å². The van der Waals surface area contributed by atoms with Crippen LogP contribution in [0.1, 0.15) is 26.9 Å². The van der Waals surface area contributed by atoms with Crippen molar-refractivity contribution in [1.29, 1.82) is 0 Å².